The van der Waals surface area contributed by atoms with E-state index in [4.69, 9.17) is 24.3 Å². The molecule has 93 heavy (non-hydrogen) atoms. The van der Waals surface area contributed by atoms with E-state index in [0.29, 0.717) is 6.42 Å². The third-order valence-corrected chi connectivity index (χ3v) is 19.1. The first kappa shape index (κ1) is 90.5. The highest BCUT2D eigenvalue weighted by molar-refractivity contribution is 7.47. The van der Waals surface area contributed by atoms with Crippen molar-refractivity contribution >= 4 is 19.8 Å². The number of allylic oxidation sites excluding steroid dienone is 12. The first-order chi connectivity index (χ1) is 45.8. The van der Waals surface area contributed by atoms with Gasteiger partial charge in [-0.3, -0.25) is 18.6 Å². The van der Waals surface area contributed by atoms with Crippen LogP contribution in [0.15, 0.2) is 72.9 Å². The third-order valence-electron chi connectivity index (χ3n) is 18.1. The van der Waals surface area contributed by atoms with Gasteiger partial charge in [0.25, 0.3) is 0 Å². The van der Waals surface area contributed by atoms with E-state index in [9.17, 15) is 19.0 Å². The van der Waals surface area contributed by atoms with Crippen LogP contribution in [0.5, 0.6) is 0 Å². The van der Waals surface area contributed by atoms with Crippen LogP contribution in [0.2, 0.25) is 0 Å². The largest absolute Gasteiger partial charge is 0.472 e. The molecule has 0 radical (unpaired) electrons. The predicted molar refractivity (Wildman–Crippen MR) is 404 cm³/mol. The van der Waals surface area contributed by atoms with E-state index in [0.717, 1.165) is 77.0 Å². The number of esters is 2. The molecule has 0 saturated carbocycles. The Morgan fingerprint density at radius 1 is 0.333 bits per heavy atom. The second kappa shape index (κ2) is 78.4. The lowest BCUT2D eigenvalue weighted by molar-refractivity contribution is -0.161. The summed E-state index contributed by atoms with van der Waals surface area (Å²) in [5.74, 6) is -0.810. The minimum absolute atomic E-state index is 0.0534. The summed E-state index contributed by atoms with van der Waals surface area (Å²) in [4.78, 5) is 35.5. The SMILES string of the molecule is CC/C=C\C/C=C\C/C=C\C/C=C\C/C=C\C/C=C\CCCCCCCCCCCCCCCCC(=O)OC(COC(=O)CCCCCCCCCCCCCCCCCCCCCCCCCCCCCCCCCCCCCCCCC)COP(=O)(O)OCCN. The van der Waals surface area contributed by atoms with E-state index >= 15 is 0 Å². The standard InChI is InChI=1S/C83H154NO8P/c1-3-5-7-9-11-13-15-17-19-21-23-25-27-29-31-33-35-37-38-39-40-41-42-44-45-47-49-51-53-55-57-59-61-63-65-67-69-71-73-75-82(85)89-79-81(80-91-93(87,88)90-78-77-84)92-83(86)76-74-72-70-68-66-64-62-60-58-56-54-52-50-48-46-43-36-34-32-30-28-26-24-22-20-18-16-14-12-10-8-6-4-2/h6,8,12,14,18,20,24,26,30,32,36,43,81H,3-5,7,9-11,13,15-17,19,21-23,25,27-29,31,33-35,37-42,44-80,84H2,1-2H3,(H,87,88)/b8-6-,14-12-,20-18-,26-24-,32-30-,43-36-. The van der Waals surface area contributed by atoms with E-state index in [-0.39, 0.29) is 38.6 Å². The first-order valence-electron chi connectivity index (χ1n) is 40.4. The van der Waals surface area contributed by atoms with Gasteiger partial charge in [0.2, 0.25) is 0 Å². The summed E-state index contributed by atoms with van der Waals surface area (Å²) in [7, 11) is -4.40. The molecule has 0 aromatic rings. The van der Waals surface area contributed by atoms with Crippen molar-refractivity contribution in [1.29, 1.82) is 0 Å². The van der Waals surface area contributed by atoms with Crippen LogP contribution < -0.4 is 5.73 Å². The molecule has 9 nitrogen and oxygen atoms in total. The van der Waals surface area contributed by atoms with Crippen molar-refractivity contribution in [2.45, 2.75) is 418 Å². The molecule has 0 aliphatic rings. The fourth-order valence-corrected chi connectivity index (χ4v) is 12.9. The summed E-state index contributed by atoms with van der Waals surface area (Å²) in [6.07, 6.45) is 105. The van der Waals surface area contributed by atoms with Crippen molar-refractivity contribution in [3.05, 3.63) is 72.9 Å². The van der Waals surface area contributed by atoms with Gasteiger partial charge in [0, 0.05) is 19.4 Å². The molecule has 2 unspecified atom stereocenters. The lowest BCUT2D eigenvalue weighted by Gasteiger charge is -2.19. The Morgan fingerprint density at radius 3 is 0.882 bits per heavy atom. The second-order valence-corrected chi connectivity index (χ2v) is 28.7. The number of ether oxygens (including phenoxy) is 2. The Kier molecular flexibility index (Phi) is 76.3. The molecule has 2 atom stereocenters. The monoisotopic (exact) mass is 1320 g/mol. The van der Waals surface area contributed by atoms with Gasteiger partial charge < -0.3 is 20.1 Å². The lowest BCUT2D eigenvalue weighted by Crippen LogP contribution is -2.29. The Balaban J connectivity index is 3.76. The maximum atomic E-state index is 12.8. The highest BCUT2D eigenvalue weighted by Crippen LogP contribution is 2.43. The Morgan fingerprint density at radius 2 is 0.591 bits per heavy atom. The molecule has 0 bridgehead atoms. The average Bonchev–Trinajstić information content (AvgIpc) is 3.32. The Bertz CT molecular complexity index is 1760. The highest BCUT2D eigenvalue weighted by Gasteiger charge is 2.26. The molecule has 0 aliphatic carbocycles. The lowest BCUT2D eigenvalue weighted by atomic mass is 10.0. The Hall–Kier alpha value is -2.55. The molecule has 0 fully saturated rings. The number of unbranched alkanes of at least 4 members (excludes halogenated alkanes) is 52. The molecule has 544 valence electrons. The topological polar surface area (TPSA) is 134 Å². The molecular formula is C83H154NO8P. The summed E-state index contributed by atoms with van der Waals surface area (Å²) in [5.41, 5.74) is 5.42. The zero-order valence-electron chi connectivity index (χ0n) is 61.5. The number of phosphoric acid groups is 1. The highest BCUT2D eigenvalue weighted by atomic mass is 31.2. The van der Waals surface area contributed by atoms with Gasteiger partial charge in [0.15, 0.2) is 6.10 Å². The maximum Gasteiger partial charge on any atom is 0.472 e. The number of rotatable bonds is 77. The summed E-state index contributed by atoms with van der Waals surface area (Å²) >= 11 is 0. The van der Waals surface area contributed by atoms with Crippen molar-refractivity contribution in [3.63, 3.8) is 0 Å². The van der Waals surface area contributed by atoms with Crippen molar-refractivity contribution in [2.24, 2.45) is 5.73 Å². The molecule has 0 rings (SSSR count). The van der Waals surface area contributed by atoms with Crippen molar-refractivity contribution in [1.82, 2.24) is 0 Å². The van der Waals surface area contributed by atoms with Crippen LogP contribution in [-0.2, 0) is 32.7 Å². The summed E-state index contributed by atoms with van der Waals surface area (Å²) in [6.45, 7) is 3.70. The van der Waals surface area contributed by atoms with Crippen LogP contribution in [0.25, 0.3) is 0 Å². The Labute approximate surface area is 577 Å². The molecule has 0 aromatic heterocycles. The van der Waals surface area contributed by atoms with Crippen molar-refractivity contribution in [2.75, 3.05) is 26.4 Å². The number of carbonyl (C=O) groups is 2. The van der Waals surface area contributed by atoms with Crippen LogP contribution in [-0.4, -0.2) is 49.3 Å². The predicted octanol–water partition coefficient (Wildman–Crippen LogP) is 27.1. The van der Waals surface area contributed by atoms with Gasteiger partial charge in [-0.25, -0.2) is 4.57 Å². The van der Waals surface area contributed by atoms with Crippen LogP contribution in [0.4, 0.5) is 0 Å². The molecule has 0 spiro atoms. The number of carbonyl (C=O) groups excluding carboxylic acids is 2. The van der Waals surface area contributed by atoms with Crippen molar-refractivity contribution in [3.8, 4) is 0 Å². The molecular weight excluding hydrogens is 1170 g/mol. The van der Waals surface area contributed by atoms with Gasteiger partial charge in [-0.15, -0.1) is 0 Å². The zero-order chi connectivity index (χ0) is 67.2. The number of hydrogen-bond donors (Lipinski definition) is 2. The molecule has 3 N–H and O–H groups in total. The molecule has 10 heteroatoms. The molecule has 0 saturated heterocycles. The van der Waals surface area contributed by atoms with Gasteiger partial charge in [-0.05, 0) is 64.2 Å². The van der Waals surface area contributed by atoms with E-state index in [1.807, 2.05) is 0 Å². The van der Waals surface area contributed by atoms with E-state index < -0.39 is 26.5 Å². The van der Waals surface area contributed by atoms with Crippen LogP contribution in [0, 0.1) is 0 Å². The van der Waals surface area contributed by atoms with Crippen molar-refractivity contribution < 1.29 is 37.6 Å². The van der Waals surface area contributed by atoms with Gasteiger partial charge in [-0.2, -0.15) is 0 Å². The third kappa shape index (κ3) is 78.3. The van der Waals surface area contributed by atoms with E-state index in [1.54, 1.807) is 0 Å². The number of phosphoric ester groups is 1. The normalized spacial score (nSPS) is 13.2. The number of nitrogens with two attached hydrogens (primary N) is 1. The summed E-state index contributed by atoms with van der Waals surface area (Å²) < 4.78 is 33.3. The van der Waals surface area contributed by atoms with Crippen LogP contribution >= 0.6 is 7.82 Å². The quantitative estimate of drug-likeness (QED) is 0.0264. The maximum absolute atomic E-state index is 12.8. The van der Waals surface area contributed by atoms with Gasteiger partial charge in [0.1, 0.15) is 6.61 Å². The smallest absolute Gasteiger partial charge is 0.462 e. The minimum Gasteiger partial charge on any atom is -0.462 e. The van der Waals surface area contributed by atoms with E-state index in [2.05, 4.69) is 86.8 Å². The fourth-order valence-electron chi connectivity index (χ4n) is 12.2. The van der Waals surface area contributed by atoms with Crippen LogP contribution in [0.3, 0.4) is 0 Å². The molecule has 0 heterocycles. The fraction of sp³-hybridized carbons (Fsp3) is 0.831. The average molecular weight is 1330 g/mol. The molecule has 0 aromatic carbocycles. The summed E-state index contributed by atoms with van der Waals surface area (Å²) in [6, 6.07) is 0. The van der Waals surface area contributed by atoms with Gasteiger partial charge in [0.05, 0.1) is 13.2 Å². The molecule has 0 aliphatic heterocycles. The zero-order valence-corrected chi connectivity index (χ0v) is 62.4. The van der Waals surface area contributed by atoms with Gasteiger partial charge >= 0.3 is 19.8 Å². The summed E-state index contributed by atoms with van der Waals surface area (Å²) in [5, 5.41) is 0. The first-order valence-corrected chi connectivity index (χ1v) is 41.9. The second-order valence-electron chi connectivity index (χ2n) is 27.3. The van der Waals surface area contributed by atoms with Crippen LogP contribution in [0.1, 0.15) is 412 Å². The molecule has 0 amide bonds. The minimum atomic E-state index is -4.40. The number of hydrogen-bond acceptors (Lipinski definition) is 8. The van der Waals surface area contributed by atoms with Gasteiger partial charge in [-0.1, -0.05) is 408 Å². The van der Waals surface area contributed by atoms with E-state index in [1.165, 1.54) is 302 Å².